The fourth-order valence-corrected chi connectivity index (χ4v) is 6.94. The first-order chi connectivity index (χ1) is 18.6. The molecule has 0 saturated heterocycles. The van der Waals surface area contributed by atoms with Gasteiger partial charge in [0.05, 0.1) is 20.1 Å². The molecule has 4 aromatic carbocycles. The standard InChI is InChI=1S/C30H20Cl6O2S/c31-23-13-7-19(8-14-23)27(17-11-21-3-1-5-25(33)29(21)35)39(37,38)28(20-9-15-24(32)16-10-20)18-12-22-4-2-6-26(34)30(22)36/h1-18,27-28H/b17-11+,18-12+. The van der Waals surface area contributed by atoms with Crippen molar-refractivity contribution >= 4 is 91.6 Å². The Kier molecular flexibility index (Phi) is 10.1. The first-order valence-corrected chi connectivity index (χ1v) is 15.4. The quantitative estimate of drug-likeness (QED) is 0.189. The van der Waals surface area contributed by atoms with Crippen LogP contribution in [0.5, 0.6) is 0 Å². The predicted octanol–water partition coefficient (Wildman–Crippen LogP) is 11.2. The predicted molar refractivity (Wildman–Crippen MR) is 168 cm³/mol. The van der Waals surface area contributed by atoms with E-state index in [1.165, 1.54) is 0 Å². The van der Waals surface area contributed by atoms with Crippen molar-refractivity contribution in [3.63, 3.8) is 0 Å². The molecule has 2 atom stereocenters. The van der Waals surface area contributed by atoms with Gasteiger partial charge in [-0.05, 0) is 58.7 Å². The van der Waals surface area contributed by atoms with Crippen molar-refractivity contribution in [2.24, 2.45) is 0 Å². The Labute approximate surface area is 258 Å². The van der Waals surface area contributed by atoms with Crippen LogP contribution in [0.2, 0.25) is 30.1 Å². The molecule has 0 fully saturated rings. The van der Waals surface area contributed by atoms with Gasteiger partial charge in [-0.2, -0.15) is 0 Å². The van der Waals surface area contributed by atoms with E-state index in [9.17, 15) is 8.42 Å². The molecular formula is C30H20Cl6O2S. The van der Waals surface area contributed by atoms with E-state index < -0.39 is 20.3 Å². The third kappa shape index (κ3) is 7.23. The summed E-state index contributed by atoms with van der Waals surface area (Å²) in [6.45, 7) is 0. The molecule has 2 unspecified atom stereocenters. The van der Waals surface area contributed by atoms with Gasteiger partial charge in [-0.1, -0.05) is 142 Å². The molecule has 0 aromatic heterocycles. The minimum atomic E-state index is -3.99. The molecule has 2 nitrogen and oxygen atoms in total. The summed E-state index contributed by atoms with van der Waals surface area (Å²) in [5, 5.41) is 0.230. The normalized spacial score (nSPS) is 13.7. The fourth-order valence-electron chi connectivity index (χ4n) is 3.96. The van der Waals surface area contributed by atoms with E-state index in [0.29, 0.717) is 52.4 Å². The molecule has 0 aliphatic rings. The van der Waals surface area contributed by atoms with Gasteiger partial charge in [0.15, 0.2) is 9.84 Å². The Morgan fingerprint density at radius 2 is 0.872 bits per heavy atom. The molecule has 0 aliphatic carbocycles. The molecule has 4 rings (SSSR count). The van der Waals surface area contributed by atoms with Gasteiger partial charge < -0.3 is 0 Å². The van der Waals surface area contributed by atoms with Crippen LogP contribution in [0.4, 0.5) is 0 Å². The van der Waals surface area contributed by atoms with E-state index >= 15 is 0 Å². The van der Waals surface area contributed by atoms with E-state index in [1.807, 2.05) is 0 Å². The number of benzene rings is 4. The van der Waals surface area contributed by atoms with Gasteiger partial charge in [-0.15, -0.1) is 0 Å². The van der Waals surface area contributed by atoms with Crippen molar-refractivity contribution in [3.8, 4) is 0 Å². The van der Waals surface area contributed by atoms with Crippen LogP contribution in [0.3, 0.4) is 0 Å². The number of sulfone groups is 1. The Morgan fingerprint density at radius 3 is 1.23 bits per heavy atom. The summed E-state index contributed by atoms with van der Waals surface area (Å²) in [6.07, 6.45) is 6.50. The highest BCUT2D eigenvalue weighted by molar-refractivity contribution is 7.92. The summed E-state index contributed by atoms with van der Waals surface area (Å²) in [4.78, 5) is 0. The van der Waals surface area contributed by atoms with Crippen molar-refractivity contribution in [1.82, 2.24) is 0 Å². The Balaban J connectivity index is 1.87. The maximum atomic E-state index is 14.5. The maximum absolute atomic E-state index is 14.5. The highest BCUT2D eigenvalue weighted by Crippen LogP contribution is 2.39. The minimum absolute atomic E-state index is 0.326. The van der Waals surface area contributed by atoms with E-state index in [2.05, 4.69) is 0 Å². The zero-order valence-electron chi connectivity index (χ0n) is 20.0. The molecule has 39 heavy (non-hydrogen) atoms. The Hall–Kier alpha value is -1.95. The molecule has 0 heterocycles. The summed E-state index contributed by atoms with van der Waals surface area (Å²) < 4.78 is 28.9. The number of halogens is 6. The second-order valence-corrected chi connectivity index (χ2v) is 13.2. The lowest BCUT2D eigenvalue weighted by Gasteiger charge is -2.22. The topological polar surface area (TPSA) is 34.1 Å². The molecule has 0 aliphatic heterocycles. The van der Waals surface area contributed by atoms with Crippen molar-refractivity contribution in [3.05, 3.63) is 149 Å². The summed E-state index contributed by atoms with van der Waals surface area (Å²) >= 11 is 37.3. The molecule has 0 saturated carbocycles. The highest BCUT2D eigenvalue weighted by atomic mass is 35.5. The van der Waals surface area contributed by atoms with Crippen molar-refractivity contribution < 1.29 is 8.42 Å². The van der Waals surface area contributed by atoms with Crippen LogP contribution >= 0.6 is 69.6 Å². The lowest BCUT2D eigenvalue weighted by molar-refractivity contribution is 0.584. The molecule has 0 N–H and O–H groups in total. The first kappa shape index (κ1) is 30.0. The van der Waals surface area contributed by atoms with E-state index in [1.54, 1.807) is 109 Å². The number of hydrogen-bond acceptors (Lipinski definition) is 2. The average Bonchev–Trinajstić information content (AvgIpc) is 2.91. The Morgan fingerprint density at radius 1 is 0.513 bits per heavy atom. The number of hydrogen-bond donors (Lipinski definition) is 0. The van der Waals surface area contributed by atoms with Crippen LogP contribution in [0.1, 0.15) is 32.8 Å². The maximum Gasteiger partial charge on any atom is 0.171 e. The molecule has 4 aromatic rings. The fraction of sp³-hybridized carbons (Fsp3) is 0.0667. The van der Waals surface area contributed by atoms with Gasteiger partial charge >= 0.3 is 0 Å². The summed E-state index contributed by atoms with van der Waals surface area (Å²) in [7, 11) is -3.99. The molecule has 9 heteroatoms. The van der Waals surface area contributed by atoms with Crippen LogP contribution in [-0.4, -0.2) is 8.42 Å². The van der Waals surface area contributed by atoms with Gasteiger partial charge in [0.1, 0.15) is 10.5 Å². The van der Waals surface area contributed by atoms with Crippen LogP contribution < -0.4 is 0 Å². The van der Waals surface area contributed by atoms with Gasteiger partial charge in [-0.3, -0.25) is 0 Å². The molecule has 0 amide bonds. The monoisotopic (exact) mass is 654 g/mol. The second kappa shape index (κ2) is 13.1. The summed E-state index contributed by atoms with van der Waals surface area (Å²) in [6, 6.07) is 23.7. The smallest absolute Gasteiger partial charge is 0.171 e. The minimum Gasteiger partial charge on any atom is -0.227 e. The van der Waals surface area contributed by atoms with Crippen molar-refractivity contribution in [1.29, 1.82) is 0 Å². The van der Waals surface area contributed by atoms with Crippen molar-refractivity contribution in [2.75, 3.05) is 0 Å². The SMILES string of the molecule is O=S(=O)(C(/C=C/c1cccc(Cl)c1Cl)c1ccc(Cl)cc1)C(/C=C/c1cccc(Cl)c1Cl)c1ccc(Cl)cc1. The Bertz CT molecular complexity index is 1510. The van der Waals surface area contributed by atoms with Crippen LogP contribution in [-0.2, 0) is 9.84 Å². The van der Waals surface area contributed by atoms with Crippen LogP contribution in [0, 0.1) is 0 Å². The largest absolute Gasteiger partial charge is 0.227 e. The van der Waals surface area contributed by atoms with E-state index in [0.717, 1.165) is 0 Å². The highest BCUT2D eigenvalue weighted by Gasteiger charge is 2.33. The third-order valence-corrected chi connectivity index (χ3v) is 10.4. The zero-order chi connectivity index (χ0) is 28.2. The average molecular weight is 657 g/mol. The van der Waals surface area contributed by atoms with Gasteiger partial charge in [0.2, 0.25) is 0 Å². The lowest BCUT2D eigenvalue weighted by atomic mass is 10.1. The van der Waals surface area contributed by atoms with E-state index in [4.69, 9.17) is 69.6 Å². The van der Waals surface area contributed by atoms with Gasteiger partial charge in [0.25, 0.3) is 0 Å². The van der Waals surface area contributed by atoms with Crippen LogP contribution in [0.15, 0.2) is 97.1 Å². The molecule has 0 bridgehead atoms. The molecular weight excluding hydrogens is 637 g/mol. The van der Waals surface area contributed by atoms with Crippen LogP contribution in [0.25, 0.3) is 12.2 Å². The second-order valence-electron chi connectivity index (χ2n) is 8.54. The first-order valence-electron chi connectivity index (χ1n) is 11.6. The molecule has 0 radical (unpaired) electrons. The van der Waals surface area contributed by atoms with Gasteiger partial charge in [0, 0.05) is 10.0 Å². The zero-order valence-corrected chi connectivity index (χ0v) is 25.4. The molecule has 0 spiro atoms. The summed E-state index contributed by atoms with van der Waals surface area (Å²) in [5.74, 6) is 0. The molecule has 200 valence electrons. The van der Waals surface area contributed by atoms with Crippen molar-refractivity contribution in [2.45, 2.75) is 10.5 Å². The summed E-state index contributed by atoms with van der Waals surface area (Å²) in [5.41, 5.74) is 2.23. The number of rotatable bonds is 8. The lowest BCUT2D eigenvalue weighted by Crippen LogP contribution is -2.19. The van der Waals surface area contributed by atoms with E-state index in [-0.39, 0.29) is 0 Å². The van der Waals surface area contributed by atoms with Gasteiger partial charge in [-0.25, -0.2) is 8.42 Å². The third-order valence-electron chi connectivity index (χ3n) is 5.97.